The minimum Gasteiger partial charge on any atom is -0.352 e. The molecule has 6 amide bonds. The lowest BCUT2D eigenvalue weighted by atomic mass is 10.0. The Hall–Kier alpha value is -7.74. The second-order valence-electron chi connectivity index (χ2n) is 23.0. The zero-order chi connectivity index (χ0) is 57.3. The number of benzene rings is 2. The maximum absolute atomic E-state index is 13.8. The number of likely N-dealkylation sites (tertiary alicyclic amines) is 2. The summed E-state index contributed by atoms with van der Waals surface area (Å²) in [5, 5.41) is 8.69. The minimum absolute atomic E-state index is 0.0149. The minimum atomic E-state index is -0.343. The molecule has 2 aromatic heterocycles. The summed E-state index contributed by atoms with van der Waals surface area (Å²) in [7, 11) is 3.65. The van der Waals surface area contributed by atoms with Crippen LogP contribution in [0.25, 0.3) is 21.8 Å². The second-order valence-corrected chi connectivity index (χ2v) is 23.0. The van der Waals surface area contributed by atoms with Crippen LogP contribution >= 0.6 is 0 Å². The fourth-order valence-corrected chi connectivity index (χ4v) is 12.9. The molecule has 20 heteroatoms. The fraction of sp³-hybridized carbons (Fsp3) is 0.581. The Morgan fingerprint density at radius 3 is 1.38 bits per heavy atom. The SMILES string of the molecule is CC#CCN1C(N2CCC[C@@H](NC(=O)CCCCCCCCCCC(=O)N[C@@H]3CCCN(C4=NC5C(CN(Cc6nc(C)c7ccccc7n6)C(=O)N5C)N4CC#CC)C3)C2)=NC2C1CN(Cc1nc(C)c3ccccc3n1)C(=O)N2C. The molecule has 20 nitrogen and oxygen atoms in total. The smallest absolute Gasteiger partial charge is 0.322 e. The molecule has 0 spiro atoms. The molecular formula is C62H82N16O4. The van der Waals surface area contributed by atoms with E-state index in [1.165, 1.54) is 0 Å². The monoisotopic (exact) mass is 1110 g/mol. The Morgan fingerprint density at radius 1 is 0.561 bits per heavy atom. The predicted molar refractivity (Wildman–Crippen MR) is 318 cm³/mol. The third-order valence-electron chi connectivity index (χ3n) is 17.1. The molecular weight excluding hydrogens is 1030 g/mol. The van der Waals surface area contributed by atoms with Crippen molar-refractivity contribution in [3.63, 3.8) is 0 Å². The molecule has 4 fully saturated rings. The van der Waals surface area contributed by atoms with Crippen molar-refractivity contribution in [1.82, 2.24) is 69.8 Å². The van der Waals surface area contributed by atoms with Crippen molar-refractivity contribution in [3.8, 4) is 23.7 Å². The number of aromatic nitrogens is 4. The Balaban J connectivity index is 0.610. The van der Waals surface area contributed by atoms with Gasteiger partial charge in [-0.2, -0.15) is 0 Å². The molecule has 2 N–H and O–H groups in total. The van der Waals surface area contributed by atoms with Crippen LogP contribution in [0.1, 0.15) is 127 Å². The van der Waals surface area contributed by atoms with Crippen LogP contribution in [0.5, 0.6) is 0 Å². The number of urea groups is 2. The van der Waals surface area contributed by atoms with Crippen LogP contribution in [0.2, 0.25) is 0 Å². The summed E-state index contributed by atoms with van der Waals surface area (Å²) in [6.45, 7) is 13.2. The third-order valence-corrected chi connectivity index (χ3v) is 17.1. The van der Waals surface area contributed by atoms with Crippen molar-refractivity contribution in [2.24, 2.45) is 9.98 Å². The number of rotatable bonds is 19. The number of guanidine groups is 2. The van der Waals surface area contributed by atoms with E-state index in [0.29, 0.717) is 76.8 Å². The lowest BCUT2D eigenvalue weighted by Crippen LogP contribution is -2.62. The van der Waals surface area contributed by atoms with Gasteiger partial charge in [-0.05, 0) is 78.4 Å². The van der Waals surface area contributed by atoms with Crippen LogP contribution in [-0.4, -0.2) is 198 Å². The average molecular weight is 1120 g/mol. The van der Waals surface area contributed by atoms with Gasteiger partial charge in [0.15, 0.2) is 24.3 Å². The molecule has 4 aromatic rings. The first kappa shape index (κ1) is 57.5. The predicted octanol–water partition coefficient (Wildman–Crippen LogP) is 6.47. The van der Waals surface area contributed by atoms with Crippen LogP contribution in [-0.2, 0) is 22.7 Å². The summed E-state index contributed by atoms with van der Waals surface area (Å²) in [5.41, 5.74) is 3.52. The summed E-state index contributed by atoms with van der Waals surface area (Å²) < 4.78 is 0. The van der Waals surface area contributed by atoms with Crippen LogP contribution in [0, 0.1) is 37.5 Å². The van der Waals surface area contributed by atoms with Crippen molar-refractivity contribution in [2.75, 3.05) is 66.5 Å². The summed E-state index contributed by atoms with van der Waals surface area (Å²) >= 11 is 0. The number of amides is 6. The highest BCUT2D eigenvalue weighted by atomic mass is 16.2. The molecule has 0 saturated carbocycles. The molecule has 0 bridgehead atoms. The number of hydrogen-bond acceptors (Lipinski definition) is 14. The molecule has 82 heavy (non-hydrogen) atoms. The number of carbonyl (C=O) groups excluding carboxylic acids is 4. The van der Waals surface area contributed by atoms with Gasteiger partial charge >= 0.3 is 12.1 Å². The van der Waals surface area contributed by atoms with E-state index in [1.807, 2.05) is 100 Å². The number of carbonyl (C=O) groups is 4. The van der Waals surface area contributed by atoms with Gasteiger partial charge in [-0.15, -0.1) is 11.8 Å². The van der Waals surface area contributed by atoms with Gasteiger partial charge in [-0.25, -0.2) is 39.5 Å². The van der Waals surface area contributed by atoms with E-state index in [9.17, 15) is 19.2 Å². The van der Waals surface area contributed by atoms with Crippen LogP contribution in [0.4, 0.5) is 9.59 Å². The Morgan fingerprint density at radius 2 is 0.963 bits per heavy atom. The Bertz CT molecular complexity index is 2970. The van der Waals surface area contributed by atoms with Crippen molar-refractivity contribution < 1.29 is 19.2 Å². The maximum atomic E-state index is 13.8. The van der Waals surface area contributed by atoms with Crippen molar-refractivity contribution in [1.29, 1.82) is 0 Å². The standard InChI is InChI=1S/C62H82N16O4/c1-7-9-35-77-51-39-75(41-53-63-43(3)47-27-19-21-29-49(47)67-53)61(81)71(5)57(51)69-59(77)73-33-23-25-45(37-73)65-55(79)31-17-15-13-11-12-14-16-18-32-56(80)66-46-26-24-34-74(38-46)60-70-58-52(78(60)36-10-8-2)40-76(62(82)72(58)6)42-54-64-44(4)48-28-20-22-30-50(48)68-54/h19-22,27-30,45-46,51-52,57-58H,11-18,23-26,31-42H2,1-6H3,(H,65,79)(H,66,80)/t45-,46-,51?,52?,57?,58?/m1/s1. The highest BCUT2D eigenvalue weighted by Gasteiger charge is 2.49. The van der Waals surface area contributed by atoms with Gasteiger partial charge in [0.2, 0.25) is 11.8 Å². The molecule has 4 saturated heterocycles. The van der Waals surface area contributed by atoms with E-state index in [4.69, 9.17) is 29.9 Å². The zero-order valence-electron chi connectivity index (χ0n) is 48.9. The molecule has 0 radical (unpaired) electrons. The van der Waals surface area contributed by atoms with Gasteiger partial charge in [0, 0.05) is 100 Å². The largest absolute Gasteiger partial charge is 0.352 e. The quantitative estimate of drug-likeness (QED) is 0.0770. The fourth-order valence-electron chi connectivity index (χ4n) is 12.9. The Kier molecular flexibility index (Phi) is 18.5. The number of nitrogens with zero attached hydrogens (tertiary/aromatic N) is 14. The van der Waals surface area contributed by atoms with E-state index in [1.54, 1.807) is 9.80 Å². The lowest BCUT2D eigenvalue weighted by Gasteiger charge is -2.43. The number of para-hydroxylation sites is 2. The van der Waals surface area contributed by atoms with Crippen molar-refractivity contribution in [2.45, 2.75) is 167 Å². The van der Waals surface area contributed by atoms with E-state index >= 15 is 0 Å². The molecule has 8 heterocycles. The number of aliphatic imine (C=N–C) groups is 2. The molecule has 6 atom stereocenters. The normalized spacial score (nSPS) is 22.6. The topological polar surface area (TPSA) is 195 Å². The lowest BCUT2D eigenvalue weighted by molar-refractivity contribution is -0.123. The number of nitrogens with one attached hydrogen (secondary N) is 2. The van der Waals surface area contributed by atoms with Crippen LogP contribution in [0.15, 0.2) is 58.5 Å². The number of aryl methyl sites for hydroxylation is 2. The first-order valence-electron chi connectivity index (χ1n) is 29.9. The molecule has 6 aliphatic heterocycles. The number of likely N-dealkylation sites (N-methyl/N-ethyl adjacent to an activating group) is 2. The second kappa shape index (κ2) is 26.4. The van der Waals surface area contributed by atoms with Gasteiger partial charge in [-0.3, -0.25) is 9.59 Å². The molecule has 0 aliphatic carbocycles. The molecule has 4 unspecified atom stereocenters. The first-order chi connectivity index (χ1) is 39.9. The van der Waals surface area contributed by atoms with E-state index in [0.717, 1.165) is 135 Å². The van der Waals surface area contributed by atoms with E-state index < -0.39 is 0 Å². The number of piperidine rings is 2. The van der Waals surface area contributed by atoms with Gasteiger partial charge in [0.25, 0.3) is 0 Å². The molecule has 2 aromatic carbocycles. The highest BCUT2D eigenvalue weighted by Crippen LogP contribution is 2.32. The van der Waals surface area contributed by atoms with E-state index in [2.05, 4.69) is 53.9 Å². The van der Waals surface area contributed by atoms with Crippen molar-refractivity contribution in [3.05, 3.63) is 71.6 Å². The van der Waals surface area contributed by atoms with Gasteiger partial charge in [-0.1, -0.05) is 86.8 Å². The zero-order valence-corrected chi connectivity index (χ0v) is 48.9. The Labute approximate surface area is 483 Å². The van der Waals surface area contributed by atoms with Gasteiger partial charge in [0.1, 0.15) is 11.6 Å². The van der Waals surface area contributed by atoms with Gasteiger partial charge < -0.3 is 49.8 Å². The summed E-state index contributed by atoms with van der Waals surface area (Å²) in [6, 6.07) is 15.6. The molecule has 434 valence electrons. The van der Waals surface area contributed by atoms with Crippen LogP contribution in [0.3, 0.4) is 0 Å². The summed E-state index contributed by atoms with van der Waals surface area (Å²) in [6.07, 6.45) is 12.2. The molecule has 10 rings (SSSR count). The summed E-state index contributed by atoms with van der Waals surface area (Å²) in [4.78, 5) is 99.8. The summed E-state index contributed by atoms with van der Waals surface area (Å²) in [5.74, 6) is 15.8. The highest BCUT2D eigenvalue weighted by molar-refractivity contribution is 5.87. The van der Waals surface area contributed by atoms with Gasteiger partial charge in [0.05, 0.1) is 49.3 Å². The van der Waals surface area contributed by atoms with Crippen LogP contribution < -0.4 is 10.6 Å². The third kappa shape index (κ3) is 13.1. The first-order valence-corrected chi connectivity index (χ1v) is 29.9. The van der Waals surface area contributed by atoms with Crippen molar-refractivity contribution >= 4 is 57.6 Å². The number of unbranched alkanes of at least 4 members (excludes halogenated alkanes) is 7. The van der Waals surface area contributed by atoms with E-state index in [-0.39, 0.29) is 60.4 Å². The number of hydrogen-bond donors (Lipinski definition) is 2. The number of fused-ring (bicyclic) bond motifs is 4. The molecule has 6 aliphatic rings. The maximum Gasteiger partial charge on any atom is 0.322 e. The average Bonchev–Trinajstić information content (AvgIpc) is 4.27.